The highest BCUT2D eigenvalue weighted by molar-refractivity contribution is 5.94. The molecule has 0 radical (unpaired) electrons. The van der Waals surface area contributed by atoms with Crippen molar-refractivity contribution in [1.82, 2.24) is 14.9 Å². The fourth-order valence-corrected chi connectivity index (χ4v) is 3.36. The number of nitrogens with one attached hydrogen (secondary N) is 2. The number of anilines is 3. The zero-order valence-corrected chi connectivity index (χ0v) is 16.8. The summed E-state index contributed by atoms with van der Waals surface area (Å²) in [5.74, 6) is 1.31. The molecule has 2 aliphatic rings. The third-order valence-corrected chi connectivity index (χ3v) is 5.18. The molecule has 0 spiro atoms. The van der Waals surface area contributed by atoms with Crippen LogP contribution in [0.1, 0.15) is 41.1 Å². The number of nitrogens with zero attached hydrogens (tertiary/aromatic N) is 3. The maximum atomic E-state index is 12.6. The maximum absolute atomic E-state index is 12.6. The predicted molar refractivity (Wildman–Crippen MR) is 113 cm³/mol. The number of carbonyl (C=O) groups is 2. The Labute approximate surface area is 175 Å². The number of benzene rings is 1. The minimum atomic E-state index is -0.352. The highest BCUT2D eigenvalue weighted by Gasteiger charge is 2.27. The van der Waals surface area contributed by atoms with Crippen molar-refractivity contribution in [2.45, 2.75) is 25.2 Å². The van der Waals surface area contributed by atoms with Gasteiger partial charge in [0.05, 0.1) is 13.2 Å². The van der Waals surface area contributed by atoms with Gasteiger partial charge in [-0.15, -0.1) is 0 Å². The number of morpholine rings is 1. The number of hydrogen-bond donors (Lipinski definition) is 3. The highest BCUT2D eigenvalue weighted by atomic mass is 16.5. The summed E-state index contributed by atoms with van der Waals surface area (Å²) in [6.07, 6.45) is 4.32. The number of aromatic nitrogens is 2. The largest absolute Gasteiger partial charge is 0.378 e. The topological polar surface area (TPSA) is 122 Å². The monoisotopic (exact) mass is 410 g/mol. The summed E-state index contributed by atoms with van der Waals surface area (Å²) in [6.45, 7) is 2.83. The Kier molecular flexibility index (Phi) is 6.08. The van der Waals surface area contributed by atoms with E-state index < -0.39 is 0 Å². The quantitative estimate of drug-likeness (QED) is 0.607. The van der Waals surface area contributed by atoms with Crippen LogP contribution >= 0.6 is 0 Å². The minimum Gasteiger partial charge on any atom is -0.378 e. The lowest BCUT2D eigenvalue weighted by molar-refractivity contribution is -0.117. The average molecular weight is 410 g/mol. The molecular formula is C21H26N6O3. The molecule has 0 bridgehead atoms. The van der Waals surface area contributed by atoms with Crippen molar-refractivity contribution >= 4 is 29.3 Å². The number of primary amides is 1. The molecule has 1 saturated heterocycles. The molecule has 2 fully saturated rings. The summed E-state index contributed by atoms with van der Waals surface area (Å²) in [5.41, 5.74) is 7.72. The summed E-state index contributed by atoms with van der Waals surface area (Å²) in [4.78, 5) is 34.4. The molecule has 1 saturated carbocycles. The molecule has 9 heteroatoms. The third-order valence-electron chi connectivity index (χ3n) is 5.18. The molecule has 2 amide bonds. The van der Waals surface area contributed by atoms with Gasteiger partial charge in [0, 0.05) is 49.1 Å². The first-order valence-electron chi connectivity index (χ1n) is 10.2. The van der Waals surface area contributed by atoms with Crippen LogP contribution in [0, 0.1) is 0 Å². The summed E-state index contributed by atoms with van der Waals surface area (Å²) in [6, 6.07) is 7.27. The molecular weight excluding hydrogens is 384 g/mol. The molecule has 4 N–H and O–H groups in total. The van der Waals surface area contributed by atoms with E-state index in [9.17, 15) is 9.59 Å². The SMILES string of the molecule is NC(=O)CCNc1nc(Nc2ccc(C(=O)N3CCOCC3)cc2)ncc1C1CC1. The lowest BCUT2D eigenvalue weighted by Gasteiger charge is -2.26. The van der Waals surface area contributed by atoms with Crippen molar-refractivity contribution in [2.24, 2.45) is 5.73 Å². The van der Waals surface area contributed by atoms with Crippen LogP contribution in [0.3, 0.4) is 0 Å². The molecule has 0 unspecified atom stereocenters. The third kappa shape index (κ3) is 5.04. The highest BCUT2D eigenvalue weighted by Crippen LogP contribution is 2.42. The second-order valence-electron chi connectivity index (χ2n) is 7.52. The molecule has 1 aliphatic carbocycles. The minimum absolute atomic E-state index is 0.0100. The van der Waals surface area contributed by atoms with Crippen molar-refractivity contribution in [3.63, 3.8) is 0 Å². The van der Waals surface area contributed by atoms with Crippen molar-refractivity contribution in [2.75, 3.05) is 43.5 Å². The van der Waals surface area contributed by atoms with Gasteiger partial charge in [0.2, 0.25) is 11.9 Å². The lowest BCUT2D eigenvalue weighted by atomic mass is 10.1. The van der Waals surface area contributed by atoms with E-state index in [4.69, 9.17) is 10.5 Å². The van der Waals surface area contributed by atoms with Gasteiger partial charge in [-0.25, -0.2) is 4.98 Å². The Balaban J connectivity index is 1.43. The van der Waals surface area contributed by atoms with Crippen molar-refractivity contribution in [3.05, 3.63) is 41.6 Å². The Morgan fingerprint density at radius 1 is 1.17 bits per heavy atom. The smallest absolute Gasteiger partial charge is 0.254 e. The zero-order chi connectivity index (χ0) is 20.9. The van der Waals surface area contributed by atoms with Crippen LogP contribution in [0.15, 0.2) is 30.5 Å². The summed E-state index contributed by atoms with van der Waals surface area (Å²) in [5, 5.41) is 6.38. The molecule has 1 aromatic carbocycles. The van der Waals surface area contributed by atoms with Gasteiger partial charge in [-0.2, -0.15) is 4.98 Å². The maximum Gasteiger partial charge on any atom is 0.254 e. The predicted octanol–water partition coefficient (Wildman–Crippen LogP) is 1.86. The zero-order valence-electron chi connectivity index (χ0n) is 16.8. The summed E-state index contributed by atoms with van der Waals surface area (Å²) < 4.78 is 5.30. The van der Waals surface area contributed by atoms with Crippen LogP contribution in [-0.2, 0) is 9.53 Å². The first kappa shape index (κ1) is 20.1. The number of ether oxygens (including phenoxy) is 1. The lowest BCUT2D eigenvalue weighted by Crippen LogP contribution is -2.40. The van der Waals surface area contributed by atoms with E-state index in [-0.39, 0.29) is 18.2 Å². The molecule has 9 nitrogen and oxygen atoms in total. The summed E-state index contributed by atoms with van der Waals surface area (Å²) >= 11 is 0. The van der Waals surface area contributed by atoms with Crippen LogP contribution < -0.4 is 16.4 Å². The Bertz CT molecular complexity index is 907. The van der Waals surface area contributed by atoms with Crippen LogP contribution in [-0.4, -0.2) is 59.5 Å². The summed E-state index contributed by atoms with van der Waals surface area (Å²) in [7, 11) is 0. The fourth-order valence-electron chi connectivity index (χ4n) is 3.36. The van der Waals surface area contributed by atoms with Gasteiger partial charge in [-0.05, 0) is 43.0 Å². The van der Waals surface area contributed by atoms with E-state index in [1.807, 2.05) is 18.3 Å². The normalized spacial score (nSPS) is 16.2. The van der Waals surface area contributed by atoms with E-state index in [1.165, 1.54) is 0 Å². The Hall–Kier alpha value is -3.20. The van der Waals surface area contributed by atoms with Crippen molar-refractivity contribution in [3.8, 4) is 0 Å². The number of carbonyl (C=O) groups excluding carboxylic acids is 2. The van der Waals surface area contributed by atoms with E-state index >= 15 is 0 Å². The fraction of sp³-hybridized carbons (Fsp3) is 0.429. The van der Waals surface area contributed by atoms with Gasteiger partial charge < -0.3 is 26.0 Å². The van der Waals surface area contributed by atoms with Crippen LogP contribution in [0.25, 0.3) is 0 Å². The molecule has 158 valence electrons. The van der Waals surface area contributed by atoms with E-state index in [1.54, 1.807) is 17.0 Å². The van der Waals surface area contributed by atoms with E-state index in [0.29, 0.717) is 50.3 Å². The van der Waals surface area contributed by atoms with Crippen molar-refractivity contribution < 1.29 is 14.3 Å². The first-order chi connectivity index (χ1) is 14.6. The first-order valence-corrected chi connectivity index (χ1v) is 10.2. The molecule has 2 heterocycles. The molecule has 1 aromatic heterocycles. The van der Waals surface area contributed by atoms with Gasteiger partial charge in [-0.1, -0.05) is 0 Å². The van der Waals surface area contributed by atoms with Crippen LogP contribution in [0.2, 0.25) is 0 Å². The van der Waals surface area contributed by atoms with Crippen molar-refractivity contribution in [1.29, 1.82) is 0 Å². The molecule has 2 aromatic rings. The van der Waals surface area contributed by atoms with E-state index in [0.717, 1.165) is 29.9 Å². The average Bonchev–Trinajstić information content (AvgIpc) is 3.60. The van der Waals surface area contributed by atoms with Gasteiger partial charge in [0.1, 0.15) is 5.82 Å². The standard InChI is InChI=1S/C21H26N6O3/c22-18(28)7-8-23-19-17(14-1-2-14)13-24-21(26-19)25-16-5-3-15(4-6-16)20(29)27-9-11-30-12-10-27/h3-6,13-14H,1-2,7-12H2,(H2,22,28)(H2,23,24,25,26). The van der Waals surface area contributed by atoms with Crippen LogP contribution in [0.4, 0.5) is 17.5 Å². The Morgan fingerprint density at radius 2 is 1.90 bits per heavy atom. The van der Waals surface area contributed by atoms with Gasteiger partial charge in [0.25, 0.3) is 5.91 Å². The molecule has 0 atom stereocenters. The number of hydrogen-bond acceptors (Lipinski definition) is 7. The second kappa shape index (κ2) is 9.08. The van der Waals surface area contributed by atoms with Gasteiger partial charge in [0.15, 0.2) is 0 Å². The van der Waals surface area contributed by atoms with Gasteiger partial charge in [-0.3, -0.25) is 9.59 Å². The van der Waals surface area contributed by atoms with E-state index in [2.05, 4.69) is 20.6 Å². The number of nitrogens with two attached hydrogens (primary N) is 1. The molecule has 1 aliphatic heterocycles. The molecule has 30 heavy (non-hydrogen) atoms. The van der Waals surface area contributed by atoms with Gasteiger partial charge >= 0.3 is 0 Å². The number of rotatable bonds is 8. The number of amides is 2. The molecule has 4 rings (SSSR count). The van der Waals surface area contributed by atoms with Crippen LogP contribution in [0.5, 0.6) is 0 Å². The second-order valence-corrected chi connectivity index (χ2v) is 7.52. The Morgan fingerprint density at radius 3 is 2.57 bits per heavy atom.